The van der Waals surface area contributed by atoms with E-state index in [2.05, 4.69) is 36.2 Å². The Kier molecular flexibility index (Phi) is 6.02. The first-order valence-electron chi connectivity index (χ1n) is 7.87. The molecule has 0 bridgehead atoms. The van der Waals surface area contributed by atoms with E-state index < -0.39 is 0 Å². The van der Waals surface area contributed by atoms with E-state index in [1.165, 1.54) is 38.0 Å². The van der Waals surface area contributed by atoms with Crippen molar-refractivity contribution in [2.24, 2.45) is 5.92 Å². The maximum Gasteiger partial charge on any atom is 0.0681 e. The molecule has 20 heavy (non-hydrogen) atoms. The molecule has 1 aliphatic heterocycles. The second-order valence-corrected chi connectivity index (χ2v) is 5.92. The lowest BCUT2D eigenvalue weighted by molar-refractivity contribution is 0.168. The molecule has 0 saturated carbocycles. The lowest BCUT2D eigenvalue weighted by atomic mass is 9.90. The molecule has 0 aliphatic carbocycles. The van der Waals surface area contributed by atoms with Crippen molar-refractivity contribution >= 4 is 0 Å². The molecular weight excluding hydrogens is 248 g/mol. The zero-order valence-corrected chi connectivity index (χ0v) is 12.8. The quantitative estimate of drug-likeness (QED) is 0.837. The highest BCUT2D eigenvalue weighted by Gasteiger charge is 2.22. The fraction of sp³-hybridized carbons (Fsp3) is 0.647. The Morgan fingerprint density at radius 2 is 1.80 bits per heavy atom. The second-order valence-electron chi connectivity index (χ2n) is 5.92. The first-order chi connectivity index (χ1) is 9.72. The van der Waals surface area contributed by atoms with Crippen LogP contribution in [0.3, 0.4) is 0 Å². The van der Waals surface area contributed by atoms with Crippen LogP contribution in [0.25, 0.3) is 0 Å². The maximum absolute atomic E-state index is 9.04. The van der Waals surface area contributed by atoms with Crippen LogP contribution in [-0.4, -0.2) is 35.7 Å². The zero-order valence-electron chi connectivity index (χ0n) is 12.8. The number of piperidine rings is 1. The van der Waals surface area contributed by atoms with Gasteiger partial charge in [0.2, 0.25) is 0 Å². The summed E-state index contributed by atoms with van der Waals surface area (Å²) in [5.41, 5.74) is 2.27. The minimum atomic E-state index is 0.125. The lowest BCUT2D eigenvalue weighted by Gasteiger charge is -2.34. The van der Waals surface area contributed by atoms with Gasteiger partial charge >= 0.3 is 0 Å². The molecule has 1 atom stereocenters. The molecule has 1 aromatic carbocycles. The largest absolute Gasteiger partial charge is 0.392 e. The molecule has 1 heterocycles. The molecule has 3 nitrogen and oxygen atoms in total. The van der Waals surface area contributed by atoms with Gasteiger partial charge in [-0.05, 0) is 56.4 Å². The number of nitrogens with zero attached hydrogens (tertiary/aromatic N) is 1. The van der Waals surface area contributed by atoms with Crippen molar-refractivity contribution in [2.75, 3.05) is 19.6 Å². The average molecular weight is 276 g/mol. The van der Waals surface area contributed by atoms with E-state index in [1.54, 1.807) is 0 Å². The molecule has 0 radical (unpaired) electrons. The van der Waals surface area contributed by atoms with Crippen LogP contribution in [0.15, 0.2) is 24.3 Å². The third kappa shape index (κ3) is 4.30. The molecule has 3 heteroatoms. The van der Waals surface area contributed by atoms with Gasteiger partial charge in [-0.25, -0.2) is 0 Å². The number of nitrogens with one attached hydrogen (secondary N) is 1. The summed E-state index contributed by atoms with van der Waals surface area (Å²) in [5.74, 6) is 0.800. The molecule has 0 spiro atoms. The van der Waals surface area contributed by atoms with Crippen LogP contribution in [0.5, 0.6) is 0 Å². The Labute approximate surface area is 123 Å². The number of aliphatic hydroxyl groups excluding tert-OH is 1. The van der Waals surface area contributed by atoms with Crippen molar-refractivity contribution in [1.29, 1.82) is 0 Å². The normalized spacial score (nSPS) is 19.1. The Hall–Kier alpha value is -0.900. The fourth-order valence-corrected chi connectivity index (χ4v) is 2.98. The van der Waals surface area contributed by atoms with Gasteiger partial charge in [0, 0.05) is 12.6 Å². The van der Waals surface area contributed by atoms with Crippen LogP contribution in [0.4, 0.5) is 0 Å². The van der Waals surface area contributed by atoms with Crippen molar-refractivity contribution in [3.63, 3.8) is 0 Å². The molecule has 2 rings (SSSR count). The molecule has 1 aromatic rings. The van der Waals surface area contributed by atoms with Gasteiger partial charge in [-0.1, -0.05) is 31.2 Å². The molecule has 112 valence electrons. The van der Waals surface area contributed by atoms with Crippen LogP contribution >= 0.6 is 0 Å². The highest BCUT2D eigenvalue weighted by Crippen LogP contribution is 2.20. The molecule has 2 N–H and O–H groups in total. The van der Waals surface area contributed by atoms with E-state index in [9.17, 15) is 0 Å². The van der Waals surface area contributed by atoms with E-state index in [0.717, 1.165) is 18.0 Å². The molecule has 1 unspecified atom stereocenters. The summed E-state index contributed by atoms with van der Waals surface area (Å²) in [6.45, 7) is 9.29. The van der Waals surface area contributed by atoms with Crippen molar-refractivity contribution < 1.29 is 5.11 Å². The zero-order chi connectivity index (χ0) is 14.4. The van der Waals surface area contributed by atoms with Crippen molar-refractivity contribution in [3.05, 3.63) is 35.4 Å². The SMILES string of the molecule is CCN1CCC(C(C)NCc2ccc(CO)cc2)CC1. The number of likely N-dealkylation sites (tertiary alicyclic amines) is 1. The molecule has 1 saturated heterocycles. The smallest absolute Gasteiger partial charge is 0.0681 e. The summed E-state index contributed by atoms with van der Waals surface area (Å²) in [4.78, 5) is 2.54. The Morgan fingerprint density at radius 1 is 1.20 bits per heavy atom. The lowest BCUT2D eigenvalue weighted by Crippen LogP contribution is -2.41. The monoisotopic (exact) mass is 276 g/mol. The van der Waals surface area contributed by atoms with Crippen molar-refractivity contribution in [1.82, 2.24) is 10.2 Å². The Morgan fingerprint density at radius 3 is 2.35 bits per heavy atom. The van der Waals surface area contributed by atoms with Crippen LogP contribution < -0.4 is 5.32 Å². The first-order valence-corrected chi connectivity index (χ1v) is 7.87. The molecular formula is C17H28N2O. The highest BCUT2D eigenvalue weighted by atomic mass is 16.3. The van der Waals surface area contributed by atoms with Crippen LogP contribution in [-0.2, 0) is 13.2 Å². The highest BCUT2D eigenvalue weighted by molar-refractivity contribution is 5.21. The van der Waals surface area contributed by atoms with E-state index in [1.807, 2.05) is 12.1 Å². The number of hydrogen-bond donors (Lipinski definition) is 2. The molecule has 0 aromatic heterocycles. The van der Waals surface area contributed by atoms with Crippen LogP contribution in [0.2, 0.25) is 0 Å². The maximum atomic E-state index is 9.04. The van der Waals surface area contributed by atoms with Crippen molar-refractivity contribution in [3.8, 4) is 0 Å². The van der Waals surface area contributed by atoms with Gasteiger partial charge < -0.3 is 15.3 Å². The fourth-order valence-electron chi connectivity index (χ4n) is 2.98. The van der Waals surface area contributed by atoms with Gasteiger partial charge in [-0.15, -0.1) is 0 Å². The minimum absolute atomic E-state index is 0.125. The van der Waals surface area contributed by atoms with E-state index in [4.69, 9.17) is 5.11 Å². The molecule has 1 fully saturated rings. The first kappa shape index (κ1) is 15.5. The molecule has 1 aliphatic rings. The third-order valence-corrected chi connectivity index (χ3v) is 4.62. The summed E-state index contributed by atoms with van der Waals surface area (Å²) in [7, 11) is 0. The summed E-state index contributed by atoms with van der Waals surface area (Å²) in [6, 6.07) is 8.78. The second kappa shape index (κ2) is 7.77. The van der Waals surface area contributed by atoms with Crippen molar-refractivity contribution in [2.45, 2.75) is 45.9 Å². The van der Waals surface area contributed by atoms with E-state index >= 15 is 0 Å². The van der Waals surface area contributed by atoms with Crippen LogP contribution in [0, 0.1) is 5.92 Å². The van der Waals surface area contributed by atoms with Gasteiger partial charge in [0.05, 0.1) is 6.61 Å². The average Bonchev–Trinajstić information content (AvgIpc) is 2.53. The third-order valence-electron chi connectivity index (χ3n) is 4.62. The standard InChI is InChI=1S/C17H28N2O/c1-3-19-10-8-17(9-11-19)14(2)18-12-15-4-6-16(13-20)7-5-15/h4-7,14,17-18,20H,3,8-13H2,1-2H3. The summed E-state index contributed by atoms with van der Waals surface area (Å²) < 4.78 is 0. The van der Waals surface area contributed by atoms with E-state index in [-0.39, 0.29) is 6.61 Å². The van der Waals surface area contributed by atoms with Gasteiger partial charge in [-0.3, -0.25) is 0 Å². The summed E-state index contributed by atoms with van der Waals surface area (Å²) in [6.07, 6.45) is 2.62. The minimum Gasteiger partial charge on any atom is -0.392 e. The molecule has 0 amide bonds. The number of rotatable bonds is 6. The van der Waals surface area contributed by atoms with Gasteiger partial charge in [0.25, 0.3) is 0 Å². The Balaban J connectivity index is 1.75. The summed E-state index contributed by atoms with van der Waals surface area (Å²) in [5, 5.41) is 12.7. The summed E-state index contributed by atoms with van der Waals surface area (Å²) >= 11 is 0. The van der Waals surface area contributed by atoms with Gasteiger partial charge in [-0.2, -0.15) is 0 Å². The number of benzene rings is 1. The van der Waals surface area contributed by atoms with Crippen LogP contribution in [0.1, 0.15) is 37.8 Å². The predicted octanol–water partition coefficient (Wildman–Crippen LogP) is 2.39. The van der Waals surface area contributed by atoms with E-state index in [0.29, 0.717) is 6.04 Å². The Bertz CT molecular complexity index is 382. The van der Waals surface area contributed by atoms with Gasteiger partial charge in [0.15, 0.2) is 0 Å². The van der Waals surface area contributed by atoms with Gasteiger partial charge in [0.1, 0.15) is 0 Å². The number of aliphatic hydroxyl groups is 1. The number of hydrogen-bond acceptors (Lipinski definition) is 3. The topological polar surface area (TPSA) is 35.5 Å². The predicted molar refractivity (Wildman–Crippen MR) is 83.5 cm³/mol.